The van der Waals surface area contributed by atoms with E-state index < -0.39 is 0 Å². The minimum atomic E-state index is 0.337. The van der Waals surface area contributed by atoms with Crippen LogP contribution >= 0.6 is 0 Å². The first-order valence-corrected chi connectivity index (χ1v) is 5.56. The summed E-state index contributed by atoms with van der Waals surface area (Å²) in [7, 11) is 0. The van der Waals surface area contributed by atoms with Crippen LogP contribution in [0.2, 0.25) is 0 Å². The van der Waals surface area contributed by atoms with E-state index in [0.29, 0.717) is 11.5 Å². The van der Waals surface area contributed by atoms with Crippen molar-refractivity contribution in [3.8, 4) is 0 Å². The van der Waals surface area contributed by atoms with Gasteiger partial charge in [-0.25, -0.2) is 0 Å². The van der Waals surface area contributed by atoms with Gasteiger partial charge < -0.3 is 10.5 Å². The number of hydrogen-bond donors (Lipinski definition) is 1. The molecule has 2 N–H and O–H groups in total. The van der Waals surface area contributed by atoms with Gasteiger partial charge in [-0.15, -0.1) is 0 Å². The minimum Gasteiger partial charge on any atom is -0.380 e. The van der Waals surface area contributed by atoms with Crippen LogP contribution in [0, 0.1) is 11.3 Å². The highest BCUT2D eigenvalue weighted by atomic mass is 16.5. The first-order chi connectivity index (χ1) is 6.23. The maximum atomic E-state index is 5.90. The summed E-state index contributed by atoms with van der Waals surface area (Å²) >= 11 is 0. The van der Waals surface area contributed by atoms with Gasteiger partial charge in [-0.2, -0.15) is 0 Å². The van der Waals surface area contributed by atoms with Crippen LogP contribution in [0.25, 0.3) is 0 Å². The molecule has 2 aliphatic rings. The standard InChI is InChI=1S/C11H21NO/c1-9(12)6-11(7-13-8-11)10-4-2-3-5-10/h9-10H,2-8,12H2,1H3. The van der Waals surface area contributed by atoms with Crippen molar-refractivity contribution in [3.05, 3.63) is 0 Å². The first-order valence-electron chi connectivity index (χ1n) is 5.56. The van der Waals surface area contributed by atoms with Gasteiger partial charge in [0.1, 0.15) is 0 Å². The third-order valence-corrected chi connectivity index (χ3v) is 3.73. The van der Waals surface area contributed by atoms with E-state index in [1.54, 1.807) is 0 Å². The molecule has 2 nitrogen and oxygen atoms in total. The molecule has 1 unspecified atom stereocenters. The summed E-state index contributed by atoms with van der Waals surface area (Å²) < 4.78 is 5.40. The quantitative estimate of drug-likeness (QED) is 0.725. The Morgan fingerprint density at radius 2 is 2.00 bits per heavy atom. The van der Waals surface area contributed by atoms with Crippen molar-refractivity contribution >= 4 is 0 Å². The van der Waals surface area contributed by atoms with E-state index in [1.165, 1.54) is 25.7 Å². The van der Waals surface area contributed by atoms with Crippen molar-refractivity contribution in [3.63, 3.8) is 0 Å². The second-order valence-corrected chi connectivity index (χ2v) is 5.02. The summed E-state index contributed by atoms with van der Waals surface area (Å²) in [6.45, 7) is 4.06. The van der Waals surface area contributed by atoms with Crippen molar-refractivity contribution in [2.45, 2.75) is 45.1 Å². The number of rotatable bonds is 3. The number of ether oxygens (including phenoxy) is 1. The molecule has 0 amide bonds. The van der Waals surface area contributed by atoms with Crippen molar-refractivity contribution < 1.29 is 4.74 Å². The zero-order chi connectivity index (χ0) is 9.31. The highest BCUT2D eigenvalue weighted by molar-refractivity contribution is 4.95. The monoisotopic (exact) mass is 183 g/mol. The lowest BCUT2D eigenvalue weighted by Crippen LogP contribution is -2.50. The lowest BCUT2D eigenvalue weighted by atomic mass is 9.69. The maximum absolute atomic E-state index is 5.90. The average Bonchev–Trinajstić information content (AvgIpc) is 2.48. The van der Waals surface area contributed by atoms with E-state index in [4.69, 9.17) is 10.5 Å². The van der Waals surface area contributed by atoms with Crippen LogP contribution < -0.4 is 5.73 Å². The smallest absolute Gasteiger partial charge is 0.0548 e. The van der Waals surface area contributed by atoms with Crippen LogP contribution in [0.3, 0.4) is 0 Å². The Morgan fingerprint density at radius 3 is 2.38 bits per heavy atom. The van der Waals surface area contributed by atoms with Crippen LogP contribution in [0.5, 0.6) is 0 Å². The molecule has 1 saturated heterocycles. The van der Waals surface area contributed by atoms with E-state index in [1.807, 2.05) is 0 Å². The number of hydrogen-bond acceptors (Lipinski definition) is 2. The normalized spacial score (nSPS) is 30.0. The molecule has 76 valence electrons. The summed E-state index contributed by atoms with van der Waals surface area (Å²) in [6, 6.07) is 0.337. The van der Waals surface area contributed by atoms with E-state index in [0.717, 1.165) is 25.6 Å². The van der Waals surface area contributed by atoms with E-state index in [2.05, 4.69) is 6.92 Å². The minimum absolute atomic E-state index is 0.337. The fourth-order valence-electron chi connectivity index (χ4n) is 3.06. The van der Waals surface area contributed by atoms with Gasteiger partial charge in [-0.05, 0) is 32.1 Å². The summed E-state index contributed by atoms with van der Waals surface area (Å²) in [6.07, 6.45) is 6.83. The SMILES string of the molecule is CC(N)CC1(C2CCCC2)COC1. The highest BCUT2D eigenvalue weighted by Gasteiger charge is 2.46. The van der Waals surface area contributed by atoms with Crippen molar-refractivity contribution in [2.24, 2.45) is 17.1 Å². The van der Waals surface area contributed by atoms with Gasteiger partial charge >= 0.3 is 0 Å². The van der Waals surface area contributed by atoms with Crippen molar-refractivity contribution in [1.82, 2.24) is 0 Å². The molecule has 0 spiro atoms. The topological polar surface area (TPSA) is 35.2 Å². The summed E-state index contributed by atoms with van der Waals surface area (Å²) in [5.41, 5.74) is 6.38. The zero-order valence-corrected chi connectivity index (χ0v) is 8.59. The van der Waals surface area contributed by atoms with Crippen LogP contribution in [-0.2, 0) is 4.74 Å². The molecule has 0 aromatic heterocycles. The van der Waals surface area contributed by atoms with Crippen LogP contribution in [-0.4, -0.2) is 19.3 Å². The highest BCUT2D eigenvalue weighted by Crippen LogP contribution is 2.47. The molecule has 13 heavy (non-hydrogen) atoms. The molecule has 1 aliphatic carbocycles. The second-order valence-electron chi connectivity index (χ2n) is 5.02. The van der Waals surface area contributed by atoms with Gasteiger partial charge in [-0.1, -0.05) is 12.8 Å². The van der Waals surface area contributed by atoms with Crippen LogP contribution in [0.4, 0.5) is 0 Å². The molecule has 2 heteroatoms. The van der Waals surface area contributed by atoms with Crippen LogP contribution in [0.15, 0.2) is 0 Å². The lowest BCUT2D eigenvalue weighted by molar-refractivity contribution is -0.151. The van der Waals surface area contributed by atoms with Gasteiger partial charge in [0.05, 0.1) is 13.2 Å². The predicted molar refractivity (Wildman–Crippen MR) is 53.5 cm³/mol. The Kier molecular flexibility index (Phi) is 2.61. The summed E-state index contributed by atoms with van der Waals surface area (Å²) in [5.74, 6) is 0.909. The maximum Gasteiger partial charge on any atom is 0.0548 e. The third-order valence-electron chi connectivity index (χ3n) is 3.73. The molecule has 1 saturated carbocycles. The molecular formula is C11H21NO. The average molecular weight is 183 g/mol. The summed E-state index contributed by atoms with van der Waals surface area (Å²) in [4.78, 5) is 0. The molecule has 2 fully saturated rings. The molecular weight excluding hydrogens is 162 g/mol. The van der Waals surface area contributed by atoms with Crippen LogP contribution in [0.1, 0.15) is 39.0 Å². The fraction of sp³-hybridized carbons (Fsp3) is 1.00. The second kappa shape index (κ2) is 3.58. The van der Waals surface area contributed by atoms with Gasteiger partial charge in [0.25, 0.3) is 0 Å². The molecule has 2 rings (SSSR count). The van der Waals surface area contributed by atoms with Crippen molar-refractivity contribution in [2.75, 3.05) is 13.2 Å². The molecule has 0 radical (unpaired) electrons. The van der Waals surface area contributed by atoms with Gasteiger partial charge in [0, 0.05) is 11.5 Å². The third kappa shape index (κ3) is 1.75. The van der Waals surface area contributed by atoms with E-state index in [-0.39, 0.29) is 0 Å². The van der Waals surface area contributed by atoms with Gasteiger partial charge in [0.15, 0.2) is 0 Å². The largest absolute Gasteiger partial charge is 0.380 e. The first kappa shape index (κ1) is 9.47. The Bertz CT molecular complexity index is 169. The Labute approximate surface area is 80.8 Å². The zero-order valence-electron chi connectivity index (χ0n) is 8.59. The molecule has 0 aromatic carbocycles. The summed E-state index contributed by atoms with van der Waals surface area (Å²) in [5, 5.41) is 0. The molecule has 0 bridgehead atoms. The fourth-order valence-corrected chi connectivity index (χ4v) is 3.06. The Morgan fingerprint density at radius 1 is 1.38 bits per heavy atom. The lowest BCUT2D eigenvalue weighted by Gasteiger charge is -2.47. The molecule has 1 atom stereocenters. The molecule has 1 heterocycles. The van der Waals surface area contributed by atoms with Gasteiger partial charge in [-0.3, -0.25) is 0 Å². The Balaban J connectivity index is 1.97. The molecule has 1 aliphatic heterocycles. The van der Waals surface area contributed by atoms with E-state index >= 15 is 0 Å². The van der Waals surface area contributed by atoms with Crippen molar-refractivity contribution in [1.29, 1.82) is 0 Å². The predicted octanol–water partition coefficient (Wildman–Crippen LogP) is 1.93. The van der Waals surface area contributed by atoms with Gasteiger partial charge in [0.2, 0.25) is 0 Å². The molecule has 0 aromatic rings. The van der Waals surface area contributed by atoms with E-state index in [9.17, 15) is 0 Å². The Hall–Kier alpha value is -0.0800. The number of nitrogens with two attached hydrogens (primary N) is 1.